The molecule has 4 nitrogen and oxygen atoms in total. The Labute approximate surface area is 102 Å². The third-order valence-corrected chi connectivity index (χ3v) is 2.37. The molecular formula is C13H20N2O2. The molecule has 0 radical (unpaired) electrons. The van der Waals surface area contributed by atoms with Crippen LogP contribution in [0.15, 0.2) is 12.3 Å². The predicted octanol–water partition coefficient (Wildman–Crippen LogP) is 2.26. The largest absolute Gasteiger partial charge is 0.490 e. The lowest BCUT2D eigenvalue weighted by molar-refractivity contribution is 0.123. The molecule has 1 aromatic heterocycles. The van der Waals surface area contributed by atoms with Crippen LogP contribution >= 0.6 is 0 Å². The zero-order chi connectivity index (χ0) is 12.5. The SMILES string of the molecule is CC(C)(C)Oc1cc(OC2CC2)c(CN)cn1. The Morgan fingerprint density at radius 3 is 2.65 bits per heavy atom. The molecule has 0 spiro atoms. The Hall–Kier alpha value is -1.29. The molecule has 1 aliphatic carbocycles. The van der Waals surface area contributed by atoms with E-state index < -0.39 is 0 Å². The van der Waals surface area contributed by atoms with Gasteiger partial charge in [0.15, 0.2) is 0 Å². The van der Waals surface area contributed by atoms with E-state index in [9.17, 15) is 0 Å². The first-order chi connectivity index (χ1) is 7.98. The zero-order valence-corrected chi connectivity index (χ0v) is 10.7. The molecule has 1 fully saturated rings. The zero-order valence-electron chi connectivity index (χ0n) is 10.7. The average molecular weight is 236 g/mol. The molecule has 0 aliphatic heterocycles. The number of nitrogens with two attached hydrogens (primary N) is 1. The monoisotopic (exact) mass is 236 g/mol. The molecule has 4 heteroatoms. The normalized spacial score (nSPS) is 15.8. The molecule has 0 bridgehead atoms. The second kappa shape index (κ2) is 4.53. The van der Waals surface area contributed by atoms with Gasteiger partial charge in [0.05, 0.1) is 6.10 Å². The summed E-state index contributed by atoms with van der Waals surface area (Å²) in [7, 11) is 0. The van der Waals surface area contributed by atoms with Gasteiger partial charge in [0.2, 0.25) is 5.88 Å². The Morgan fingerprint density at radius 2 is 2.12 bits per heavy atom. The van der Waals surface area contributed by atoms with Crippen LogP contribution in [0.4, 0.5) is 0 Å². The van der Waals surface area contributed by atoms with Gasteiger partial charge in [-0.15, -0.1) is 0 Å². The van der Waals surface area contributed by atoms with Crippen molar-refractivity contribution in [2.45, 2.75) is 51.9 Å². The van der Waals surface area contributed by atoms with E-state index in [4.69, 9.17) is 15.2 Å². The first-order valence-electron chi connectivity index (χ1n) is 6.02. The molecule has 0 atom stereocenters. The second-order valence-corrected chi connectivity index (χ2v) is 5.37. The number of ether oxygens (including phenoxy) is 2. The van der Waals surface area contributed by atoms with Crippen LogP contribution in [0.1, 0.15) is 39.2 Å². The van der Waals surface area contributed by atoms with Crippen LogP contribution in [0.5, 0.6) is 11.6 Å². The van der Waals surface area contributed by atoms with Gasteiger partial charge in [0.25, 0.3) is 0 Å². The highest BCUT2D eigenvalue weighted by atomic mass is 16.5. The molecule has 1 aliphatic rings. The van der Waals surface area contributed by atoms with E-state index in [2.05, 4.69) is 4.98 Å². The summed E-state index contributed by atoms with van der Waals surface area (Å²) in [5.74, 6) is 1.40. The minimum absolute atomic E-state index is 0.256. The summed E-state index contributed by atoms with van der Waals surface area (Å²) in [6, 6.07) is 1.84. The maximum Gasteiger partial charge on any atom is 0.217 e. The molecule has 2 N–H and O–H groups in total. The van der Waals surface area contributed by atoms with E-state index in [0.717, 1.165) is 24.2 Å². The number of aromatic nitrogens is 1. The van der Waals surface area contributed by atoms with Crippen molar-refractivity contribution in [2.24, 2.45) is 5.73 Å². The summed E-state index contributed by atoms with van der Waals surface area (Å²) in [5, 5.41) is 0. The second-order valence-electron chi connectivity index (χ2n) is 5.37. The molecule has 1 saturated carbocycles. The summed E-state index contributed by atoms with van der Waals surface area (Å²) in [4.78, 5) is 4.24. The van der Waals surface area contributed by atoms with Gasteiger partial charge >= 0.3 is 0 Å². The maximum absolute atomic E-state index is 5.80. The van der Waals surface area contributed by atoms with Gasteiger partial charge in [-0.2, -0.15) is 0 Å². The van der Waals surface area contributed by atoms with Crippen molar-refractivity contribution in [1.82, 2.24) is 4.98 Å². The van der Waals surface area contributed by atoms with E-state index >= 15 is 0 Å². The summed E-state index contributed by atoms with van der Waals surface area (Å²) in [5.41, 5.74) is 6.34. The van der Waals surface area contributed by atoms with Crippen LogP contribution in [-0.2, 0) is 6.54 Å². The first-order valence-corrected chi connectivity index (χ1v) is 6.02. The van der Waals surface area contributed by atoms with Crippen molar-refractivity contribution in [3.05, 3.63) is 17.8 Å². The number of rotatable bonds is 4. The average Bonchev–Trinajstić information content (AvgIpc) is 3.00. The van der Waals surface area contributed by atoms with Crippen LogP contribution in [-0.4, -0.2) is 16.7 Å². The highest BCUT2D eigenvalue weighted by Gasteiger charge is 2.25. The fraction of sp³-hybridized carbons (Fsp3) is 0.615. The topological polar surface area (TPSA) is 57.4 Å². The number of pyridine rings is 1. The van der Waals surface area contributed by atoms with Crippen LogP contribution in [0, 0.1) is 0 Å². The highest BCUT2D eigenvalue weighted by Crippen LogP contribution is 2.31. The molecule has 1 heterocycles. The number of nitrogens with zero attached hydrogens (tertiary/aromatic N) is 1. The van der Waals surface area contributed by atoms with Crippen LogP contribution in [0.3, 0.4) is 0 Å². The summed E-state index contributed by atoms with van der Waals surface area (Å²) in [6.07, 6.45) is 4.34. The third-order valence-electron chi connectivity index (χ3n) is 2.37. The minimum Gasteiger partial charge on any atom is -0.490 e. The van der Waals surface area contributed by atoms with Gasteiger partial charge in [0.1, 0.15) is 11.4 Å². The molecule has 0 amide bonds. The number of hydrogen-bond donors (Lipinski definition) is 1. The summed E-state index contributed by atoms with van der Waals surface area (Å²) >= 11 is 0. The van der Waals surface area contributed by atoms with Crippen LogP contribution in [0.2, 0.25) is 0 Å². The van der Waals surface area contributed by atoms with E-state index in [1.807, 2.05) is 26.8 Å². The lowest BCUT2D eigenvalue weighted by atomic mass is 10.2. The standard InChI is InChI=1S/C13H20N2O2/c1-13(2,3)17-12-6-11(16-10-4-5-10)9(7-14)8-15-12/h6,8,10H,4-5,7,14H2,1-3H3. The van der Waals surface area contributed by atoms with Crippen molar-refractivity contribution in [2.75, 3.05) is 0 Å². The lowest BCUT2D eigenvalue weighted by Crippen LogP contribution is -2.23. The molecule has 17 heavy (non-hydrogen) atoms. The molecular weight excluding hydrogens is 216 g/mol. The first kappa shape index (κ1) is 12.2. The Morgan fingerprint density at radius 1 is 1.41 bits per heavy atom. The van der Waals surface area contributed by atoms with E-state index in [0.29, 0.717) is 18.5 Å². The van der Waals surface area contributed by atoms with Crippen molar-refractivity contribution in [3.63, 3.8) is 0 Å². The van der Waals surface area contributed by atoms with Gasteiger partial charge in [-0.1, -0.05) is 0 Å². The van der Waals surface area contributed by atoms with Gasteiger partial charge in [-0.25, -0.2) is 4.98 Å². The molecule has 94 valence electrons. The highest BCUT2D eigenvalue weighted by molar-refractivity contribution is 5.36. The quantitative estimate of drug-likeness (QED) is 0.871. The third kappa shape index (κ3) is 3.60. The van der Waals surface area contributed by atoms with E-state index in [1.54, 1.807) is 6.20 Å². The van der Waals surface area contributed by atoms with E-state index in [1.165, 1.54) is 0 Å². The fourth-order valence-corrected chi connectivity index (χ4v) is 1.45. The molecule has 0 unspecified atom stereocenters. The Balaban J connectivity index is 2.17. The van der Waals surface area contributed by atoms with E-state index in [-0.39, 0.29) is 5.60 Å². The maximum atomic E-state index is 5.80. The predicted molar refractivity (Wildman–Crippen MR) is 66.2 cm³/mol. The molecule has 1 aromatic rings. The molecule has 0 aromatic carbocycles. The van der Waals surface area contributed by atoms with Crippen LogP contribution < -0.4 is 15.2 Å². The van der Waals surface area contributed by atoms with Gasteiger partial charge in [0, 0.05) is 24.4 Å². The molecule has 2 rings (SSSR count). The van der Waals surface area contributed by atoms with Crippen molar-refractivity contribution < 1.29 is 9.47 Å². The summed E-state index contributed by atoms with van der Waals surface area (Å²) < 4.78 is 11.5. The van der Waals surface area contributed by atoms with Gasteiger partial charge in [-0.3, -0.25) is 0 Å². The van der Waals surface area contributed by atoms with Gasteiger partial charge < -0.3 is 15.2 Å². The number of hydrogen-bond acceptors (Lipinski definition) is 4. The molecule has 0 saturated heterocycles. The Bertz CT molecular complexity index is 395. The Kier molecular flexibility index (Phi) is 3.24. The van der Waals surface area contributed by atoms with Crippen molar-refractivity contribution >= 4 is 0 Å². The van der Waals surface area contributed by atoms with Crippen LogP contribution in [0.25, 0.3) is 0 Å². The van der Waals surface area contributed by atoms with Crippen molar-refractivity contribution in [3.8, 4) is 11.6 Å². The smallest absolute Gasteiger partial charge is 0.217 e. The minimum atomic E-state index is -0.256. The van der Waals surface area contributed by atoms with Crippen molar-refractivity contribution in [1.29, 1.82) is 0 Å². The summed E-state index contributed by atoms with van der Waals surface area (Å²) in [6.45, 7) is 6.41. The van der Waals surface area contributed by atoms with Gasteiger partial charge in [-0.05, 0) is 33.6 Å². The fourth-order valence-electron chi connectivity index (χ4n) is 1.45. The lowest BCUT2D eigenvalue weighted by Gasteiger charge is -2.21.